The van der Waals surface area contributed by atoms with Crippen LogP contribution in [0.25, 0.3) is 0 Å². The topological polar surface area (TPSA) is 72.2 Å². The molecule has 0 radical (unpaired) electrons. The number of ketones is 1. The van der Waals surface area contributed by atoms with Crippen molar-refractivity contribution < 1.29 is 14.7 Å². The second-order valence-electron chi connectivity index (χ2n) is 2.33. The number of aliphatic carboxylic acids is 1. The third-order valence-corrected chi connectivity index (χ3v) is 1.34. The van der Waals surface area contributed by atoms with Gasteiger partial charge in [0.15, 0.2) is 11.6 Å². The average Bonchev–Trinajstić information content (AvgIpc) is 2.33. The molecule has 0 aromatic carbocycles. The molecule has 0 fully saturated rings. The van der Waals surface area contributed by atoms with Gasteiger partial charge in [-0.25, -0.2) is 4.98 Å². The number of nitrogens with zero attached hydrogens (tertiary/aromatic N) is 2. The molecule has 1 aromatic heterocycles. The Kier molecular flexibility index (Phi) is 2.23. The Labute approximate surface area is 68.6 Å². The lowest BCUT2D eigenvalue weighted by Gasteiger charge is -1.99. The van der Waals surface area contributed by atoms with Gasteiger partial charge in [0, 0.05) is 19.3 Å². The van der Waals surface area contributed by atoms with Crippen molar-refractivity contribution in [3.63, 3.8) is 0 Å². The summed E-state index contributed by atoms with van der Waals surface area (Å²) in [5, 5.41) is 8.43. The van der Waals surface area contributed by atoms with Crippen LogP contribution >= 0.6 is 0 Å². The predicted molar refractivity (Wildman–Crippen MR) is 39.9 cm³/mol. The SMILES string of the molecule is CC(=O)c1nccn1CC(=O)O. The predicted octanol–water partition coefficient (Wildman–Crippen LogP) is 0.170. The van der Waals surface area contributed by atoms with Crippen LogP contribution in [-0.2, 0) is 11.3 Å². The first-order valence-corrected chi connectivity index (χ1v) is 3.35. The molecule has 12 heavy (non-hydrogen) atoms. The smallest absolute Gasteiger partial charge is 0.323 e. The van der Waals surface area contributed by atoms with Crippen LogP contribution in [0.4, 0.5) is 0 Å². The van der Waals surface area contributed by atoms with Crippen molar-refractivity contribution >= 4 is 11.8 Å². The fourth-order valence-electron chi connectivity index (χ4n) is 0.896. The number of aromatic nitrogens is 2. The Morgan fingerprint density at radius 3 is 2.83 bits per heavy atom. The lowest BCUT2D eigenvalue weighted by molar-refractivity contribution is -0.137. The number of hydrogen-bond acceptors (Lipinski definition) is 3. The van der Waals surface area contributed by atoms with E-state index in [9.17, 15) is 9.59 Å². The second-order valence-corrected chi connectivity index (χ2v) is 2.33. The second kappa shape index (κ2) is 3.17. The van der Waals surface area contributed by atoms with E-state index in [2.05, 4.69) is 4.98 Å². The standard InChI is InChI=1S/C7H8N2O3/c1-5(10)7-8-2-3-9(7)4-6(11)12/h2-3H,4H2,1H3,(H,11,12). The highest BCUT2D eigenvalue weighted by Crippen LogP contribution is 1.97. The first-order chi connectivity index (χ1) is 5.61. The fourth-order valence-corrected chi connectivity index (χ4v) is 0.896. The van der Waals surface area contributed by atoms with Gasteiger partial charge in [-0.15, -0.1) is 0 Å². The highest BCUT2D eigenvalue weighted by atomic mass is 16.4. The summed E-state index contributed by atoms with van der Waals surface area (Å²) in [7, 11) is 0. The van der Waals surface area contributed by atoms with E-state index in [4.69, 9.17) is 5.11 Å². The van der Waals surface area contributed by atoms with E-state index in [1.807, 2.05) is 0 Å². The third-order valence-electron chi connectivity index (χ3n) is 1.34. The summed E-state index contributed by atoms with van der Waals surface area (Å²) >= 11 is 0. The molecule has 0 atom stereocenters. The van der Waals surface area contributed by atoms with Gasteiger partial charge in [0.05, 0.1) is 0 Å². The van der Waals surface area contributed by atoms with Gasteiger partial charge in [0.25, 0.3) is 0 Å². The number of carbonyl (C=O) groups excluding carboxylic acids is 1. The average molecular weight is 168 g/mol. The minimum absolute atomic E-state index is 0.178. The van der Waals surface area contributed by atoms with E-state index < -0.39 is 5.97 Å². The van der Waals surface area contributed by atoms with Crippen LogP contribution in [0.5, 0.6) is 0 Å². The Morgan fingerprint density at radius 2 is 2.33 bits per heavy atom. The van der Waals surface area contributed by atoms with Gasteiger partial charge in [-0.3, -0.25) is 9.59 Å². The highest BCUT2D eigenvalue weighted by molar-refractivity contribution is 5.90. The maximum Gasteiger partial charge on any atom is 0.323 e. The van der Waals surface area contributed by atoms with Gasteiger partial charge in [-0.05, 0) is 0 Å². The molecule has 5 nitrogen and oxygen atoms in total. The van der Waals surface area contributed by atoms with Gasteiger partial charge >= 0.3 is 5.97 Å². The molecule has 0 saturated carbocycles. The van der Waals surface area contributed by atoms with Crippen LogP contribution < -0.4 is 0 Å². The molecule has 0 unspecified atom stereocenters. The van der Waals surface area contributed by atoms with Crippen molar-refractivity contribution in [3.05, 3.63) is 18.2 Å². The van der Waals surface area contributed by atoms with E-state index in [1.54, 1.807) is 0 Å². The molecule has 64 valence electrons. The summed E-state index contributed by atoms with van der Waals surface area (Å²) in [6, 6.07) is 0. The normalized spacial score (nSPS) is 9.75. The van der Waals surface area contributed by atoms with Crippen molar-refractivity contribution in [2.45, 2.75) is 13.5 Å². The molecule has 0 saturated heterocycles. The van der Waals surface area contributed by atoms with E-state index in [-0.39, 0.29) is 18.2 Å². The number of imidazole rings is 1. The molecule has 1 aromatic rings. The van der Waals surface area contributed by atoms with E-state index >= 15 is 0 Å². The lowest BCUT2D eigenvalue weighted by atomic mass is 10.4. The van der Waals surface area contributed by atoms with Gasteiger partial charge in [-0.1, -0.05) is 0 Å². The van der Waals surface area contributed by atoms with Crippen LogP contribution in [0.1, 0.15) is 17.5 Å². The summed E-state index contributed by atoms with van der Waals surface area (Å²) in [4.78, 5) is 24.8. The van der Waals surface area contributed by atoms with Crippen LogP contribution in [0.2, 0.25) is 0 Å². The van der Waals surface area contributed by atoms with Gasteiger partial charge in [0.2, 0.25) is 0 Å². The van der Waals surface area contributed by atoms with Crippen LogP contribution in [0, 0.1) is 0 Å². The first kappa shape index (κ1) is 8.45. The van der Waals surface area contributed by atoms with Crippen molar-refractivity contribution in [2.24, 2.45) is 0 Å². The van der Waals surface area contributed by atoms with Crippen LogP contribution in [0.15, 0.2) is 12.4 Å². The zero-order valence-electron chi connectivity index (χ0n) is 6.52. The number of carboxylic acids is 1. The van der Waals surface area contributed by atoms with E-state index in [1.165, 1.54) is 23.9 Å². The quantitative estimate of drug-likeness (QED) is 0.653. The minimum Gasteiger partial charge on any atom is -0.480 e. The molecule has 0 amide bonds. The van der Waals surface area contributed by atoms with E-state index in [0.717, 1.165) is 0 Å². The monoisotopic (exact) mass is 168 g/mol. The Hall–Kier alpha value is -1.65. The van der Waals surface area contributed by atoms with Crippen molar-refractivity contribution in [1.29, 1.82) is 0 Å². The largest absolute Gasteiger partial charge is 0.480 e. The molecule has 5 heteroatoms. The summed E-state index contributed by atoms with van der Waals surface area (Å²) in [5.41, 5.74) is 0. The van der Waals surface area contributed by atoms with E-state index in [0.29, 0.717) is 0 Å². The van der Waals surface area contributed by atoms with Gasteiger partial charge < -0.3 is 9.67 Å². The molecular weight excluding hydrogens is 160 g/mol. The van der Waals surface area contributed by atoms with Crippen molar-refractivity contribution in [2.75, 3.05) is 0 Å². The minimum atomic E-state index is -0.990. The molecule has 1 heterocycles. The zero-order chi connectivity index (χ0) is 9.14. The zero-order valence-corrected chi connectivity index (χ0v) is 6.52. The molecule has 0 spiro atoms. The molecule has 1 N–H and O–H groups in total. The van der Waals surface area contributed by atoms with Crippen LogP contribution in [0.3, 0.4) is 0 Å². The third kappa shape index (κ3) is 1.69. The summed E-state index contributed by atoms with van der Waals surface area (Å²) in [6.45, 7) is 1.12. The molecule has 0 aliphatic carbocycles. The van der Waals surface area contributed by atoms with Gasteiger partial charge in [0.1, 0.15) is 6.54 Å². The van der Waals surface area contributed by atoms with Crippen LogP contribution in [-0.4, -0.2) is 26.4 Å². The Bertz CT molecular complexity index is 316. The summed E-state index contributed by atoms with van der Waals surface area (Å²) in [5.74, 6) is -1.05. The van der Waals surface area contributed by atoms with Crippen molar-refractivity contribution in [1.82, 2.24) is 9.55 Å². The molecule has 0 bridgehead atoms. The maximum absolute atomic E-state index is 10.8. The van der Waals surface area contributed by atoms with Gasteiger partial charge in [-0.2, -0.15) is 0 Å². The maximum atomic E-state index is 10.8. The number of hydrogen-bond donors (Lipinski definition) is 1. The molecule has 0 aliphatic rings. The summed E-state index contributed by atoms with van der Waals surface area (Å²) < 4.78 is 1.30. The molecule has 1 rings (SSSR count). The number of carbonyl (C=O) groups is 2. The molecule has 0 aliphatic heterocycles. The Balaban J connectivity index is 2.91. The number of carboxylic acid groups (broad SMARTS) is 1. The first-order valence-electron chi connectivity index (χ1n) is 3.35. The number of Topliss-reactive ketones (excluding diaryl/α,β-unsaturated/α-hetero) is 1. The Morgan fingerprint density at radius 1 is 1.67 bits per heavy atom. The van der Waals surface area contributed by atoms with Crippen molar-refractivity contribution in [3.8, 4) is 0 Å². The summed E-state index contributed by atoms with van der Waals surface area (Å²) in [6.07, 6.45) is 2.87. The number of rotatable bonds is 3. The molecular formula is C7H8N2O3. The fraction of sp³-hybridized carbons (Fsp3) is 0.286. The highest BCUT2D eigenvalue weighted by Gasteiger charge is 2.09. The lowest BCUT2D eigenvalue weighted by Crippen LogP contribution is -2.13.